The molecule has 0 radical (unpaired) electrons. The fourth-order valence-electron chi connectivity index (χ4n) is 3.41. The molecule has 7 heteroatoms. The molecule has 1 saturated heterocycles. The Morgan fingerprint density at radius 3 is 2.44 bits per heavy atom. The van der Waals surface area contributed by atoms with Crippen molar-refractivity contribution in [3.05, 3.63) is 64.8 Å². The summed E-state index contributed by atoms with van der Waals surface area (Å²) >= 11 is 6.00. The number of halogens is 3. The van der Waals surface area contributed by atoms with Crippen molar-refractivity contribution >= 4 is 39.8 Å². The van der Waals surface area contributed by atoms with Gasteiger partial charge in [0.05, 0.1) is 11.1 Å². The molecule has 1 aliphatic rings. The third-order valence-corrected chi connectivity index (χ3v) is 4.82. The highest BCUT2D eigenvalue weighted by atomic mass is 35.5. The molecule has 0 bridgehead atoms. The van der Waals surface area contributed by atoms with E-state index in [2.05, 4.69) is 10.3 Å². The van der Waals surface area contributed by atoms with Crippen LogP contribution in [0, 0.1) is 11.6 Å². The van der Waals surface area contributed by atoms with Gasteiger partial charge in [0.25, 0.3) is 5.91 Å². The van der Waals surface area contributed by atoms with E-state index in [4.69, 9.17) is 11.6 Å². The Kier molecular flexibility index (Phi) is 4.66. The largest absolute Gasteiger partial charge is 0.367 e. The predicted molar refractivity (Wildman–Crippen MR) is 103 cm³/mol. The van der Waals surface area contributed by atoms with Gasteiger partial charge in [-0.25, -0.2) is 13.8 Å². The number of amides is 1. The Balaban J connectivity index is 1.66. The van der Waals surface area contributed by atoms with Crippen LogP contribution in [0.5, 0.6) is 0 Å². The molecule has 2 aromatic carbocycles. The number of para-hydroxylation sites is 1. The van der Waals surface area contributed by atoms with Gasteiger partial charge in [0.2, 0.25) is 0 Å². The number of benzene rings is 2. The van der Waals surface area contributed by atoms with E-state index in [1.807, 2.05) is 0 Å². The van der Waals surface area contributed by atoms with Gasteiger partial charge in [-0.05, 0) is 37.1 Å². The number of hydrogen-bond donors (Lipinski definition) is 1. The number of hydrogen-bond acceptors (Lipinski definition) is 3. The summed E-state index contributed by atoms with van der Waals surface area (Å²) in [6.45, 7) is 1.25. The smallest absolute Gasteiger partial charge is 0.256 e. The molecule has 27 heavy (non-hydrogen) atoms. The van der Waals surface area contributed by atoms with E-state index in [1.54, 1.807) is 29.2 Å². The maximum absolute atomic E-state index is 14.5. The summed E-state index contributed by atoms with van der Waals surface area (Å²) in [5, 5.41) is 3.33. The zero-order chi connectivity index (χ0) is 19.0. The molecule has 0 aliphatic carbocycles. The lowest BCUT2D eigenvalue weighted by atomic mass is 10.1. The van der Waals surface area contributed by atoms with Gasteiger partial charge < -0.3 is 10.2 Å². The van der Waals surface area contributed by atoms with Crippen molar-refractivity contribution in [1.29, 1.82) is 0 Å². The summed E-state index contributed by atoms with van der Waals surface area (Å²) in [6, 6.07) is 10.8. The Hall–Kier alpha value is -2.73. The molecule has 1 aromatic heterocycles. The molecule has 0 saturated carbocycles. The molecular weight excluding hydrogens is 372 g/mol. The molecule has 0 unspecified atom stereocenters. The maximum atomic E-state index is 14.5. The van der Waals surface area contributed by atoms with E-state index in [9.17, 15) is 13.6 Å². The molecule has 3 aromatic rings. The van der Waals surface area contributed by atoms with E-state index in [0.717, 1.165) is 25.0 Å². The number of carbonyl (C=O) groups excluding carboxylic acids is 1. The predicted octanol–water partition coefficient (Wildman–Crippen LogP) is 5.02. The quantitative estimate of drug-likeness (QED) is 0.642. The number of carbonyl (C=O) groups is 1. The van der Waals surface area contributed by atoms with Crippen molar-refractivity contribution in [3.8, 4) is 0 Å². The topological polar surface area (TPSA) is 45.2 Å². The van der Waals surface area contributed by atoms with Gasteiger partial charge in [0.1, 0.15) is 10.8 Å². The van der Waals surface area contributed by atoms with E-state index in [1.165, 1.54) is 6.07 Å². The van der Waals surface area contributed by atoms with Crippen molar-refractivity contribution < 1.29 is 13.6 Å². The molecule has 1 amide bonds. The maximum Gasteiger partial charge on any atom is 0.256 e. The first kappa shape index (κ1) is 17.7. The SMILES string of the molecule is O=C(Nc1cc(F)c(N2CCCC2)c(F)c1)c1cc(Cl)nc2ccccc12. The van der Waals surface area contributed by atoms with Crippen LogP contribution in [-0.4, -0.2) is 24.0 Å². The van der Waals surface area contributed by atoms with E-state index >= 15 is 0 Å². The zero-order valence-corrected chi connectivity index (χ0v) is 15.1. The van der Waals surface area contributed by atoms with Crippen LogP contribution in [-0.2, 0) is 0 Å². The molecular formula is C20H16ClF2N3O. The molecule has 4 rings (SSSR count). The molecule has 0 atom stereocenters. The van der Waals surface area contributed by atoms with E-state index in [-0.39, 0.29) is 22.1 Å². The van der Waals surface area contributed by atoms with Crippen molar-refractivity contribution in [3.63, 3.8) is 0 Å². The van der Waals surface area contributed by atoms with Gasteiger partial charge in [-0.1, -0.05) is 29.8 Å². The number of fused-ring (bicyclic) bond motifs is 1. The number of aromatic nitrogens is 1. The minimum Gasteiger partial charge on any atom is -0.367 e. The van der Waals surface area contributed by atoms with Crippen LogP contribution in [0.4, 0.5) is 20.2 Å². The third kappa shape index (κ3) is 3.45. The fourth-order valence-corrected chi connectivity index (χ4v) is 3.61. The first-order valence-corrected chi connectivity index (χ1v) is 9.01. The molecule has 2 heterocycles. The van der Waals surface area contributed by atoms with E-state index in [0.29, 0.717) is 24.0 Å². The van der Waals surface area contributed by atoms with Crippen LogP contribution >= 0.6 is 11.6 Å². The molecule has 1 N–H and O–H groups in total. The molecule has 138 valence electrons. The summed E-state index contributed by atoms with van der Waals surface area (Å²) < 4.78 is 28.9. The van der Waals surface area contributed by atoms with Crippen molar-refractivity contribution in [2.24, 2.45) is 0 Å². The Labute approximate surface area is 159 Å². The molecule has 4 nitrogen and oxygen atoms in total. The number of pyridine rings is 1. The van der Waals surface area contributed by atoms with Crippen LogP contribution in [0.15, 0.2) is 42.5 Å². The normalized spacial score (nSPS) is 14.0. The highest BCUT2D eigenvalue weighted by molar-refractivity contribution is 6.30. The summed E-state index contributed by atoms with van der Waals surface area (Å²) in [4.78, 5) is 18.5. The minimum atomic E-state index is -0.690. The Morgan fingerprint density at radius 1 is 1.07 bits per heavy atom. The highest BCUT2D eigenvalue weighted by Gasteiger charge is 2.22. The average Bonchev–Trinajstić information content (AvgIpc) is 3.14. The van der Waals surface area contributed by atoms with Crippen LogP contribution in [0.25, 0.3) is 10.9 Å². The lowest BCUT2D eigenvalue weighted by Crippen LogP contribution is -2.21. The van der Waals surface area contributed by atoms with Crippen LogP contribution < -0.4 is 10.2 Å². The van der Waals surface area contributed by atoms with Crippen LogP contribution in [0.2, 0.25) is 5.15 Å². The Bertz CT molecular complexity index is 1010. The summed E-state index contributed by atoms with van der Waals surface area (Å²) in [7, 11) is 0. The number of nitrogens with zero attached hydrogens (tertiary/aromatic N) is 2. The minimum absolute atomic E-state index is 0.0390. The Morgan fingerprint density at radius 2 is 1.74 bits per heavy atom. The second-order valence-electron chi connectivity index (χ2n) is 6.45. The average molecular weight is 388 g/mol. The monoisotopic (exact) mass is 387 g/mol. The van der Waals surface area contributed by atoms with Crippen molar-refractivity contribution in [2.45, 2.75) is 12.8 Å². The van der Waals surface area contributed by atoms with Gasteiger partial charge >= 0.3 is 0 Å². The van der Waals surface area contributed by atoms with Gasteiger partial charge in [-0.2, -0.15) is 0 Å². The summed E-state index contributed by atoms with van der Waals surface area (Å²) in [6.07, 6.45) is 1.82. The van der Waals surface area contributed by atoms with Gasteiger partial charge in [-0.3, -0.25) is 4.79 Å². The van der Waals surface area contributed by atoms with Gasteiger partial charge in [-0.15, -0.1) is 0 Å². The number of anilines is 2. The lowest BCUT2D eigenvalue weighted by molar-refractivity contribution is 0.102. The van der Waals surface area contributed by atoms with Gasteiger partial charge in [0, 0.05) is 24.2 Å². The zero-order valence-electron chi connectivity index (χ0n) is 14.3. The second-order valence-corrected chi connectivity index (χ2v) is 6.83. The first-order valence-electron chi connectivity index (χ1n) is 8.63. The van der Waals surface area contributed by atoms with Crippen LogP contribution in [0.3, 0.4) is 0 Å². The highest BCUT2D eigenvalue weighted by Crippen LogP contribution is 2.30. The van der Waals surface area contributed by atoms with E-state index < -0.39 is 17.5 Å². The van der Waals surface area contributed by atoms with Gasteiger partial charge in [0.15, 0.2) is 11.6 Å². The molecule has 0 spiro atoms. The van der Waals surface area contributed by atoms with Crippen molar-refractivity contribution in [2.75, 3.05) is 23.3 Å². The van der Waals surface area contributed by atoms with Crippen LogP contribution in [0.1, 0.15) is 23.2 Å². The molecule has 1 fully saturated rings. The number of rotatable bonds is 3. The molecule has 1 aliphatic heterocycles. The number of nitrogens with one attached hydrogen (secondary N) is 1. The lowest BCUT2D eigenvalue weighted by Gasteiger charge is -2.20. The third-order valence-electron chi connectivity index (χ3n) is 4.63. The summed E-state index contributed by atoms with van der Waals surface area (Å²) in [5.41, 5.74) is 0.866. The first-order chi connectivity index (χ1) is 13.0. The standard InChI is InChI=1S/C20H16ClF2N3O/c21-18-11-14(13-5-1-2-6-17(13)25-18)20(27)24-12-9-15(22)19(16(23)10-12)26-7-3-4-8-26/h1-2,5-6,9-11H,3-4,7-8H2,(H,24,27). The second kappa shape index (κ2) is 7.12. The van der Waals surface area contributed by atoms with Crippen molar-refractivity contribution in [1.82, 2.24) is 4.98 Å². The summed E-state index contributed by atoms with van der Waals surface area (Å²) in [5.74, 6) is -1.89. The fraction of sp³-hybridized carbons (Fsp3) is 0.200.